The predicted molar refractivity (Wildman–Crippen MR) is 112 cm³/mol. The molecule has 1 aliphatic heterocycles. The molecular formula is C22H40NaO5P. The molecular weight excluding hydrogens is 398 g/mol. The van der Waals surface area contributed by atoms with Gasteiger partial charge in [0.2, 0.25) is 0 Å². The van der Waals surface area contributed by atoms with Gasteiger partial charge in [-0.05, 0) is 32.1 Å². The number of carbonyl (C=O) groups excluding carboxylic acids is 1. The van der Waals surface area contributed by atoms with Crippen molar-refractivity contribution in [2.75, 3.05) is 19.4 Å². The molecule has 0 radical (unpaired) electrons. The first kappa shape index (κ1) is 29.4. The number of hydrogen-bond donors (Lipinski definition) is 0. The third-order valence-corrected chi connectivity index (χ3v) is 6.62. The van der Waals surface area contributed by atoms with Crippen LogP contribution in [0.5, 0.6) is 0 Å². The molecule has 0 aromatic heterocycles. The molecule has 0 aliphatic carbocycles. The second kappa shape index (κ2) is 19.1. The normalized spacial score (nSPS) is 21.4. The van der Waals surface area contributed by atoms with Crippen LogP contribution in [0, 0.1) is 5.92 Å². The van der Waals surface area contributed by atoms with Crippen LogP contribution >= 0.6 is 7.60 Å². The van der Waals surface area contributed by atoms with E-state index in [2.05, 4.69) is 23.6 Å². The molecule has 29 heavy (non-hydrogen) atoms. The SMILES string of the molecule is CCCCCCCC/C=C\CCCCCCCC(=O)OCC1COP(=O)([O-])C1.[Na+]. The van der Waals surface area contributed by atoms with Crippen LogP contribution in [0.2, 0.25) is 0 Å². The Morgan fingerprint density at radius 2 is 1.55 bits per heavy atom. The molecule has 0 bridgehead atoms. The Morgan fingerprint density at radius 1 is 1.00 bits per heavy atom. The average Bonchev–Trinajstić information content (AvgIpc) is 3.02. The Labute approximate surface area is 200 Å². The number of ether oxygens (including phenoxy) is 1. The summed E-state index contributed by atoms with van der Waals surface area (Å²) in [7, 11) is -3.66. The second-order valence-corrected chi connectivity index (χ2v) is 9.82. The van der Waals surface area contributed by atoms with E-state index >= 15 is 0 Å². The van der Waals surface area contributed by atoms with Crippen molar-refractivity contribution in [3.05, 3.63) is 12.2 Å². The smallest absolute Gasteiger partial charge is 0.778 e. The summed E-state index contributed by atoms with van der Waals surface area (Å²) in [5.41, 5.74) is 0. The summed E-state index contributed by atoms with van der Waals surface area (Å²) in [6.07, 6.45) is 21.0. The van der Waals surface area contributed by atoms with Gasteiger partial charge in [0, 0.05) is 18.5 Å². The maximum atomic E-state index is 11.7. The topological polar surface area (TPSA) is 75.7 Å². The van der Waals surface area contributed by atoms with Crippen molar-refractivity contribution in [2.45, 2.75) is 96.8 Å². The van der Waals surface area contributed by atoms with Crippen molar-refractivity contribution >= 4 is 13.6 Å². The standard InChI is InChI=1S/C22H41O5P.Na/c1-2-3-4-5-6-7-8-9-10-11-12-13-14-15-16-17-22(23)26-18-21-19-27-28(24,25)20-21;/h9-10,21H,2-8,11-20H2,1H3,(H,24,25);/q;+1/p-1/b10-9-;. The molecule has 0 N–H and O–H groups in total. The van der Waals surface area contributed by atoms with Gasteiger partial charge in [-0.2, -0.15) is 0 Å². The number of allylic oxidation sites excluding steroid dienone is 2. The summed E-state index contributed by atoms with van der Waals surface area (Å²) in [4.78, 5) is 22.9. The van der Waals surface area contributed by atoms with E-state index in [9.17, 15) is 14.3 Å². The molecule has 2 unspecified atom stereocenters. The molecule has 1 fully saturated rings. The van der Waals surface area contributed by atoms with Gasteiger partial charge in [0.05, 0.1) is 13.2 Å². The van der Waals surface area contributed by atoms with Gasteiger partial charge in [0.15, 0.2) is 0 Å². The van der Waals surface area contributed by atoms with E-state index in [1.165, 1.54) is 57.8 Å². The monoisotopic (exact) mass is 438 g/mol. The number of carbonyl (C=O) groups is 1. The van der Waals surface area contributed by atoms with Gasteiger partial charge in [0.25, 0.3) is 0 Å². The maximum absolute atomic E-state index is 11.7. The van der Waals surface area contributed by atoms with E-state index in [-0.39, 0.29) is 60.8 Å². The largest absolute Gasteiger partial charge is 1.00 e. The quantitative estimate of drug-likeness (QED) is 0.115. The van der Waals surface area contributed by atoms with Gasteiger partial charge >= 0.3 is 35.5 Å². The number of rotatable bonds is 17. The van der Waals surface area contributed by atoms with Crippen molar-refractivity contribution in [2.24, 2.45) is 5.92 Å². The van der Waals surface area contributed by atoms with Crippen LogP contribution in [-0.4, -0.2) is 25.3 Å². The minimum Gasteiger partial charge on any atom is -0.778 e. The van der Waals surface area contributed by atoms with E-state index in [1.807, 2.05) is 0 Å². The fourth-order valence-electron chi connectivity index (χ4n) is 3.36. The zero-order chi connectivity index (χ0) is 20.5. The van der Waals surface area contributed by atoms with Gasteiger partial charge in [0.1, 0.15) is 7.60 Å². The van der Waals surface area contributed by atoms with Gasteiger partial charge in [-0.25, -0.2) is 0 Å². The average molecular weight is 439 g/mol. The van der Waals surface area contributed by atoms with Crippen LogP contribution in [0.3, 0.4) is 0 Å². The molecule has 0 saturated carbocycles. The molecule has 0 aromatic carbocycles. The van der Waals surface area contributed by atoms with Crippen LogP contribution < -0.4 is 34.5 Å². The molecule has 0 spiro atoms. The first-order chi connectivity index (χ1) is 13.5. The van der Waals surface area contributed by atoms with Crippen LogP contribution in [0.15, 0.2) is 12.2 Å². The van der Waals surface area contributed by atoms with Crippen molar-refractivity contribution in [1.29, 1.82) is 0 Å². The van der Waals surface area contributed by atoms with Crippen LogP contribution in [0.25, 0.3) is 0 Å². The Bertz CT molecular complexity index is 484. The fourth-order valence-corrected chi connectivity index (χ4v) is 4.75. The van der Waals surface area contributed by atoms with Gasteiger partial charge in [-0.3, -0.25) is 4.79 Å². The summed E-state index contributed by atoms with van der Waals surface area (Å²) in [6, 6.07) is 0. The number of unbranched alkanes of at least 4 members (excludes halogenated alkanes) is 11. The van der Waals surface area contributed by atoms with E-state index in [1.54, 1.807) is 0 Å². The molecule has 1 heterocycles. The molecule has 5 nitrogen and oxygen atoms in total. The Balaban J connectivity index is 0.00000784. The Kier molecular flexibility index (Phi) is 19.3. The molecule has 7 heteroatoms. The maximum Gasteiger partial charge on any atom is 1.00 e. The van der Waals surface area contributed by atoms with E-state index in [4.69, 9.17) is 4.74 Å². The minimum absolute atomic E-state index is 0. The molecule has 1 aliphatic rings. The van der Waals surface area contributed by atoms with Crippen molar-refractivity contribution < 1.29 is 53.1 Å². The summed E-state index contributed by atoms with van der Waals surface area (Å²) < 4.78 is 21.0. The van der Waals surface area contributed by atoms with Gasteiger partial charge in [-0.15, -0.1) is 0 Å². The van der Waals surface area contributed by atoms with E-state index in [0.717, 1.165) is 25.7 Å². The van der Waals surface area contributed by atoms with Crippen molar-refractivity contribution in [1.82, 2.24) is 0 Å². The molecule has 0 aromatic rings. The molecule has 2 atom stereocenters. The minimum atomic E-state index is -3.66. The number of esters is 1. The zero-order valence-corrected chi connectivity index (χ0v) is 21.6. The summed E-state index contributed by atoms with van der Waals surface area (Å²) >= 11 is 0. The van der Waals surface area contributed by atoms with E-state index < -0.39 is 7.60 Å². The third kappa shape index (κ3) is 17.7. The van der Waals surface area contributed by atoms with Gasteiger partial charge < -0.3 is 18.7 Å². The summed E-state index contributed by atoms with van der Waals surface area (Å²) in [5, 5.41) is 0. The second-order valence-electron chi connectivity index (χ2n) is 7.97. The van der Waals surface area contributed by atoms with Crippen LogP contribution in [0.1, 0.15) is 96.8 Å². The summed E-state index contributed by atoms with van der Waals surface area (Å²) in [5.74, 6) is -0.438. The molecule has 1 rings (SSSR count). The Hall–Kier alpha value is 0.360. The van der Waals surface area contributed by atoms with Crippen LogP contribution in [-0.2, 0) is 18.6 Å². The third-order valence-electron chi connectivity index (χ3n) is 5.11. The molecule has 164 valence electrons. The molecule has 0 amide bonds. The van der Waals surface area contributed by atoms with Crippen molar-refractivity contribution in [3.63, 3.8) is 0 Å². The number of hydrogen-bond acceptors (Lipinski definition) is 5. The molecule has 1 saturated heterocycles. The first-order valence-electron chi connectivity index (χ1n) is 11.3. The fraction of sp³-hybridized carbons (Fsp3) is 0.864. The zero-order valence-electron chi connectivity index (χ0n) is 18.7. The Morgan fingerprint density at radius 3 is 2.10 bits per heavy atom. The van der Waals surface area contributed by atoms with Crippen molar-refractivity contribution in [3.8, 4) is 0 Å². The predicted octanol–water partition coefficient (Wildman–Crippen LogP) is 2.77. The first-order valence-corrected chi connectivity index (χ1v) is 13.0. The summed E-state index contributed by atoms with van der Waals surface area (Å²) in [6.45, 7) is 2.54. The van der Waals surface area contributed by atoms with E-state index in [0.29, 0.717) is 6.42 Å². The van der Waals surface area contributed by atoms with Crippen LogP contribution in [0.4, 0.5) is 0 Å². The van der Waals surface area contributed by atoms with Gasteiger partial charge in [-0.1, -0.05) is 70.4 Å².